The van der Waals surface area contributed by atoms with Crippen molar-refractivity contribution in [3.05, 3.63) is 59.7 Å². The van der Waals surface area contributed by atoms with Crippen molar-refractivity contribution in [1.82, 2.24) is 10.6 Å². The minimum absolute atomic E-state index is 0.115. The van der Waals surface area contributed by atoms with Crippen molar-refractivity contribution >= 4 is 34.8 Å². The van der Waals surface area contributed by atoms with Gasteiger partial charge in [0.2, 0.25) is 0 Å². The van der Waals surface area contributed by atoms with E-state index in [9.17, 15) is 9.59 Å². The largest absolute Gasteiger partial charge is 0.491 e. The van der Waals surface area contributed by atoms with Crippen LogP contribution in [-0.2, 0) is 9.47 Å². The highest BCUT2D eigenvalue weighted by Gasteiger charge is 2.11. The van der Waals surface area contributed by atoms with E-state index >= 15 is 0 Å². The van der Waals surface area contributed by atoms with E-state index in [4.69, 9.17) is 26.4 Å². The molecule has 0 fully saturated rings. The first-order valence-electron chi connectivity index (χ1n) is 9.83. The van der Waals surface area contributed by atoms with Gasteiger partial charge in [-0.1, -0.05) is 12.1 Å². The van der Waals surface area contributed by atoms with Gasteiger partial charge < -0.3 is 24.8 Å². The summed E-state index contributed by atoms with van der Waals surface area (Å²) in [5.41, 5.74) is 1.45. The number of carbonyl (C=O) groups is 2. The fourth-order valence-corrected chi connectivity index (χ4v) is 2.74. The van der Waals surface area contributed by atoms with Gasteiger partial charge in [-0.25, -0.2) is 0 Å². The maximum atomic E-state index is 12.5. The minimum Gasteiger partial charge on any atom is -0.491 e. The molecule has 0 aliphatic carbocycles. The van der Waals surface area contributed by atoms with E-state index in [0.717, 1.165) is 0 Å². The molecule has 0 atom stereocenters. The van der Waals surface area contributed by atoms with Gasteiger partial charge in [0.15, 0.2) is 5.11 Å². The van der Waals surface area contributed by atoms with Crippen molar-refractivity contribution in [3.8, 4) is 5.75 Å². The van der Waals surface area contributed by atoms with Gasteiger partial charge >= 0.3 is 0 Å². The Bertz CT molecular complexity index is 891. The molecular formula is C22H27N3O5S. The number of thiocarbonyl (C=S) groups is 1. The van der Waals surface area contributed by atoms with E-state index in [1.54, 1.807) is 55.6 Å². The molecule has 0 radical (unpaired) electrons. The summed E-state index contributed by atoms with van der Waals surface area (Å²) in [6, 6.07) is 13.6. The smallest absolute Gasteiger partial charge is 0.257 e. The zero-order valence-electron chi connectivity index (χ0n) is 17.6. The summed E-state index contributed by atoms with van der Waals surface area (Å²) >= 11 is 5.23. The Morgan fingerprint density at radius 1 is 0.968 bits per heavy atom. The molecule has 0 bridgehead atoms. The van der Waals surface area contributed by atoms with E-state index in [-0.39, 0.29) is 16.9 Å². The number of nitrogens with one attached hydrogen (secondary N) is 3. The number of hydrogen-bond donors (Lipinski definition) is 3. The van der Waals surface area contributed by atoms with Crippen LogP contribution in [0.3, 0.4) is 0 Å². The maximum Gasteiger partial charge on any atom is 0.257 e. The quantitative estimate of drug-likeness (QED) is 0.361. The van der Waals surface area contributed by atoms with Gasteiger partial charge in [-0.15, -0.1) is 0 Å². The number of benzene rings is 2. The van der Waals surface area contributed by atoms with Crippen LogP contribution in [0.25, 0.3) is 0 Å². The van der Waals surface area contributed by atoms with Crippen LogP contribution in [-0.4, -0.2) is 57.0 Å². The molecule has 2 aromatic carbocycles. The van der Waals surface area contributed by atoms with Crippen molar-refractivity contribution in [2.75, 3.05) is 45.4 Å². The molecular weight excluding hydrogens is 418 g/mol. The lowest BCUT2D eigenvalue weighted by atomic mass is 10.2. The highest BCUT2D eigenvalue weighted by molar-refractivity contribution is 7.80. The van der Waals surface area contributed by atoms with Crippen LogP contribution in [0.15, 0.2) is 48.5 Å². The van der Waals surface area contributed by atoms with E-state index in [2.05, 4.69) is 16.0 Å². The van der Waals surface area contributed by atoms with Gasteiger partial charge in [-0.2, -0.15) is 0 Å². The predicted molar refractivity (Wildman–Crippen MR) is 123 cm³/mol. The third-order valence-corrected chi connectivity index (χ3v) is 4.20. The first-order valence-corrected chi connectivity index (χ1v) is 10.2. The number of ether oxygens (including phenoxy) is 3. The molecule has 0 aliphatic rings. The van der Waals surface area contributed by atoms with Crippen LogP contribution in [0.5, 0.6) is 5.75 Å². The minimum atomic E-state index is -0.374. The fraction of sp³-hybridized carbons (Fsp3) is 0.318. The van der Waals surface area contributed by atoms with E-state index < -0.39 is 0 Å². The molecule has 31 heavy (non-hydrogen) atoms. The summed E-state index contributed by atoms with van der Waals surface area (Å²) in [5.74, 6) is -0.0311. The molecule has 0 saturated heterocycles. The van der Waals surface area contributed by atoms with Crippen LogP contribution in [0, 0.1) is 0 Å². The molecule has 0 saturated carbocycles. The van der Waals surface area contributed by atoms with Gasteiger partial charge in [-0.05, 0) is 55.5 Å². The highest BCUT2D eigenvalue weighted by Crippen LogP contribution is 2.14. The molecule has 9 heteroatoms. The van der Waals surface area contributed by atoms with E-state index in [1.807, 2.05) is 6.92 Å². The zero-order chi connectivity index (χ0) is 22.5. The lowest BCUT2D eigenvalue weighted by Gasteiger charge is -2.12. The topological polar surface area (TPSA) is 97.9 Å². The average Bonchev–Trinajstić information content (AvgIpc) is 2.77. The van der Waals surface area contributed by atoms with Crippen molar-refractivity contribution in [3.63, 3.8) is 0 Å². The van der Waals surface area contributed by atoms with E-state index in [0.29, 0.717) is 55.5 Å². The summed E-state index contributed by atoms with van der Waals surface area (Å²) < 4.78 is 15.7. The third-order valence-electron chi connectivity index (χ3n) is 4.00. The van der Waals surface area contributed by atoms with Crippen molar-refractivity contribution < 1.29 is 23.8 Å². The molecule has 0 unspecified atom stereocenters. The number of methoxy groups -OCH3 is 1. The van der Waals surface area contributed by atoms with Gasteiger partial charge in [0.1, 0.15) is 12.4 Å². The second-order valence-corrected chi connectivity index (χ2v) is 6.72. The second-order valence-electron chi connectivity index (χ2n) is 6.31. The predicted octanol–water partition coefficient (Wildman–Crippen LogP) is 2.60. The monoisotopic (exact) mass is 445 g/mol. The van der Waals surface area contributed by atoms with Crippen LogP contribution >= 0.6 is 12.2 Å². The SMILES string of the molecule is CCOCCOc1cccc(C(=O)NC(=S)Nc2cccc(C(=O)NCCOC)c2)c1. The van der Waals surface area contributed by atoms with Crippen LogP contribution in [0.2, 0.25) is 0 Å². The third kappa shape index (κ3) is 8.71. The maximum absolute atomic E-state index is 12.5. The number of anilines is 1. The van der Waals surface area contributed by atoms with Crippen LogP contribution in [0.4, 0.5) is 5.69 Å². The summed E-state index contributed by atoms with van der Waals surface area (Å²) in [6.45, 7) is 4.25. The van der Waals surface area contributed by atoms with Gasteiger partial charge in [0.05, 0.1) is 13.2 Å². The fourth-order valence-electron chi connectivity index (χ4n) is 2.53. The summed E-state index contributed by atoms with van der Waals surface area (Å²) in [4.78, 5) is 24.6. The first-order chi connectivity index (χ1) is 15.0. The summed E-state index contributed by atoms with van der Waals surface area (Å²) in [6.07, 6.45) is 0. The molecule has 8 nitrogen and oxygen atoms in total. The van der Waals surface area contributed by atoms with Gasteiger partial charge in [0, 0.05) is 37.1 Å². The number of rotatable bonds is 11. The van der Waals surface area contributed by atoms with Crippen molar-refractivity contribution in [1.29, 1.82) is 0 Å². The van der Waals surface area contributed by atoms with Crippen LogP contribution in [0.1, 0.15) is 27.6 Å². The highest BCUT2D eigenvalue weighted by atomic mass is 32.1. The summed E-state index contributed by atoms with van der Waals surface area (Å²) in [7, 11) is 1.57. The van der Waals surface area contributed by atoms with Crippen molar-refractivity contribution in [2.24, 2.45) is 0 Å². The van der Waals surface area contributed by atoms with Crippen LogP contribution < -0.4 is 20.7 Å². The Balaban J connectivity index is 1.90. The first kappa shape index (κ1) is 24.3. The Hall–Kier alpha value is -3.01. The Morgan fingerprint density at radius 2 is 1.71 bits per heavy atom. The van der Waals surface area contributed by atoms with Gasteiger partial charge in [0.25, 0.3) is 11.8 Å². The molecule has 2 aromatic rings. The molecule has 166 valence electrons. The Kier molecular flexibility index (Phi) is 10.4. The molecule has 2 amide bonds. The average molecular weight is 446 g/mol. The molecule has 3 N–H and O–H groups in total. The number of carbonyl (C=O) groups excluding carboxylic acids is 2. The van der Waals surface area contributed by atoms with Crippen molar-refractivity contribution in [2.45, 2.75) is 6.92 Å². The zero-order valence-corrected chi connectivity index (χ0v) is 18.4. The lowest BCUT2D eigenvalue weighted by Crippen LogP contribution is -2.34. The van der Waals surface area contributed by atoms with Gasteiger partial charge in [-0.3, -0.25) is 14.9 Å². The normalized spacial score (nSPS) is 10.3. The molecule has 0 aliphatic heterocycles. The summed E-state index contributed by atoms with van der Waals surface area (Å²) in [5, 5.41) is 8.40. The molecule has 0 heterocycles. The number of hydrogen-bond acceptors (Lipinski definition) is 6. The standard InChI is InChI=1S/C22H27N3O5S/c1-3-29-12-13-30-19-9-5-7-17(15-19)21(27)25-22(31)24-18-8-4-6-16(14-18)20(26)23-10-11-28-2/h4-9,14-15H,3,10-13H2,1-2H3,(H,23,26)(H2,24,25,27,31). The second kappa shape index (κ2) is 13.3. The number of amides is 2. The molecule has 0 aromatic heterocycles. The Labute approximate surface area is 187 Å². The Morgan fingerprint density at radius 3 is 2.45 bits per heavy atom. The lowest BCUT2D eigenvalue weighted by molar-refractivity contribution is 0.0935. The van der Waals surface area contributed by atoms with E-state index in [1.165, 1.54) is 0 Å². The molecule has 0 spiro atoms. The molecule has 2 rings (SSSR count).